The maximum Gasteiger partial charge on any atom is 0.175 e. The Kier molecular flexibility index (Phi) is 2.90. The van der Waals surface area contributed by atoms with Crippen molar-refractivity contribution >= 4 is 15.9 Å². The second kappa shape index (κ2) is 4.70. The minimum absolute atomic E-state index is 0.709. The summed E-state index contributed by atoms with van der Waals surface area (Å²) in [6, 6.07) is 11.8. The molecule has 0 unspecified atom stereocenters. The van der Waals surface area contributed by atoms with Crippen molar-refractivity contribution in [3.8, 4) is 16.9 Å². The predicted octanol–water partition coefficient (Wildman–Crippen LogP) is 3.09. The highest BCUT2D eigenvalue weighted by molar-refractivity contribution is 9.10. The fourth-order valence-corrected chi connectivity index (χ4v) is 1.92. The van der Waals surface area contributed by atoms with Gasteiger partial charge < -0.3 is 0 Å². The maximum absolute atomic E-state index is 4.29. The largest absolute Gasteiger partial charge is 0.220 e. The van der Waals surface area contributed by atoms with Crippen LogP contribution in [0, 0.1) is 0 Å². The molecule has 0 aliphatic rings. The van der Waals surface area contributed by atoms with E-state index >= 15 is 0 Å². The molecule has 88 valence electrons. The molecule has 2 aromatic heterocycles. The lowest BCUT2D eigenvalue weighted by atomic mass is 10.1. The van der Waals surface area contributed by atoms with E-state index < -0.39 is 0 Å². The van der Waals surface area contributed by atoms with E-state index in [4.69, 9.17) is 0 Å². The zero-order chi connectivity index (χ0) is 12.4. The number of rotatable bonds is 2. The van der Waals surface area contributed by atoms with Gasteiger partial charge in [-0.3, -0.25) is 0 Å². The van der Waals surface area contributed by atoms with Crippen LogP contribution in [0.25, 0.3) is 16.9 Å². The van der Waals surface area contributed by atoms with Gasteiger partial charge in [-0.1, -0.05) is 28.1 Å². The first-order valence-electron chi connectivity index (χ1n) is 5.41. The molecule has 4 nitrogen and oxygen atoms in total. The number of hydrogen-bond acceptors (Lipinski definition) is 3. The summed E-state index contributed by atoms with van der Waals surface area (Å²) < 4.78 is 2.78. The van der Waals surface area contributed by atoms with Gasteiger partial charge in [-0.25, -0.2) is 4.68 Å². The molecule has 0 spiro atoms. The molecule has 0 aliphatic heterocycles. The molecule has 1 aromatic carbocycles. The molecule has 0 atom stereocenters. The molecule has 0 saturated carbocycles. The Morgan fingerprint density at radius 2 is 1.83 bits per heavy atom. The van der Waals surface area contributed by atoms with Gasteiger partial charge in [0.2, 0.25) is 0 Å². The minimum atomic E-state index is 0.709. The number of hydrogen-bond donors (Lipinski definition) is 0. The molecule has 0 amide bonds. The topological polar surface area (TPSA) is 43.6 Å². The van der Waals surface area contributed by atoms with Crippen LogP contribution in [0.1, 0.15) is 0 Å². The molecule has 18 heavy (non-hydrogen) atoms. The zero-order valence-electron chi connectivity index (χ0n) is 9.36. The van der Waals surface area contributed by atoms with E-state index in [1.54, 1.807) is 10.9 Å². The molecule has 0 aliphatic carbocycles. The third-order valence-electron chi connectivity index (χ3n) is 2.55. The Balaban J connectivity index is 1.97. The van der Waals surface area contributed by atoms with Crippen LogP contribution in [0.4, 0.5) is 0 Å². The third kappa shape index (κ3) is 2.17. The molecular weight excluding hydrogens is 292 g/mol. The van der Waals surface area contributed by atoms with Crippen molar-refractivity contribution in [3.05, 3.63) is 59.5 Å². The summed E-state index contributed by atoms with van der Waals surface area (Å²) in [5, 5.41) is 12.1. The lowest BCUT2D eigenvalue weighted by molar-refractivity contribution is 0.814. The van der Waals surface area contributed by atoms with Gasteiger partial charge in [0.1, 0.15) is 0 Å². The molecule has 0 N–H and O–H groups in total. The van der Waals surface area contributed by atoms with Crippen LogP contribution in [0.15, 0.2) is 59.5 Å². The van der Waals surface area contributed by atoms with Gasteiger partial charge in [0.05, 0.1) is 6.20 Å². The second-order valence-corrected chi connectivity index (χ2v) is 4.68. The van der Waals surface area contributed by atoms with Crippen LogP contribution in [0.3, 0.4) is 0 Å². The van der Waals surface area contributed by atoms with Crippen molar-refractivity contribution in [2.75, 3.05) is 0 Å². The third-order valence-corrected chi connectivity index (χ3v) is 3.08. The van der Waals surface area contributed by atoms with Crippen LogP contribution >= 0.6 is 15.9 Å². The zero-order valence-corrected chi connectivity index (χ0v) is 10.9. The van der Waals surface area contributed by atoms with Crippen LogP contribution in [-0.4, -0.2) is 20.0 Å². The Morgan fingerprint density at radius 1 is 1.00 bits per heavy atom. The lowest BCUT2D eigenvalue weighted by Crippen LogP contribution is -1.97. The Morgan fingerprint density at radius 3 is 2.56 bits per heavy atom. The lowest BCUT2D eigenvalue weighted by Gasteiger charge is -1.98. The highest BCUT2D eigenvalue weighted by Crippen LogP contribution is 2.21. The predicted molar refractivity (Wildman–Crippen MR) is 72.3 cm³/mol. The van der Waals surface area contributed by atoms with Crippen molar-refractivity contribution in [2.24, 2.45) is 0 Å². The van der Waals surface area contributed by atoms with E-state index in [0.29, 0.717) is 5.82 Å². The van der Waals surface area contributed by atoms with E-state index in [0.717, 1.165) is 15.6 Å². The Bertz CT molecular complexity index is 646. The van der Waals surface area contributed by atoms with Crippen molar-refractivity contribution in [2.45, 2.75) is 0 Å². The van der Waals surface area contributed by atoms with Crippen molar-refractivity contribution < 1.29 is 0 Å². The molecule has 3 rings (SSSR count). The first kappa shape index (κ1) is 11.1. The first-order valence-corrected chi connectivity index (χ1v) is 6.21. The Labute approximate surface area is 112 Å². The van der Waals surface area contributed by atoms with Gasteiger partial charge in [-0.05, 0) is 29.8 Å². The maximum atomic E-state index is 4.29. The van der Waals surface area contributed by atoms with E-state index in [1.807, 2.05) is 48.8 Å². The van der Waals surface area contributed by atoms with Gasteiger partial charge in [0.15, 0.2) is 5.82 Å². The molecule has 0 radical (unpaired) electrons. The number of benzene rings is 1. The molecule has 3 aromatic rings. The highest BCUT2D eigenvalue weighted by Gasteiger charge is 2.03. The molecule has 0 fully saturated rings. The molecule has 5 heteroatoms. The summed E-state index contributed by atoms with van der Waals surface area (Å²) in [5.74, 6) is 0.709. The summed E-state index contributed by atoms with van der Waals surface area (Å²) in [4.78, 5) is 0. The van der Waals surface area contributed by atoms with Crippen molar-refractivity contribution in [1.82, 2.24) is 20.0 Å². The normalized spacial score (nSPS) is 10.5. The van der Waals surface area contributed by atoms with Gasteiger partial charge in [-0.2, -0.15) is 10.2 Å². The minimum Gasteiger partial charge on any atom is -0.220 e. The standard InChI is InChI=1S/C13H9BrN4/c14-12-5-3-10(4-6-12)11-8-16-18(9-11)13-2-1-7-15-17-13/h1-9H. The van der Waals surface area contributed by atoms with Gasteiger partial charge in [0, 0.05) is 22.4 Å². The quantitative estimate of drug-likeness (QED) is 0.730. The summed E-state index contributed by atoms with van der Waals surface area (Å²) in [5.41, 5.74) is 2.17. The van der Waals surface area contributed by atoms with Crippen molar-refractivity contribution in [1.29, 1.82) is 0 Å². The summed E-state index contributed by atoms with van der Waals surface area (Å²) in [6.07, 6.45) is 5.40. The van der Waals surface area contributed by atoms with E-state index in [2.05, 4.69) is 31.2 Å². The second-order valence-electron chi connectivity index (χ2n) is 3.76. The monoisotopic (exact) mass is 300 g/mol. The van der Waals surface area contributed by atoms with Gasteiger partial charge in [0.25, 0.3) is 0 Å². The first-order chi connectivity index (χ1) is 8.83. The molecule has 2 heterocycles. The number of nitrogens with zero attached hydrogens (tertiary/aromatic N) is 4. The fraction of sp³-hybridized carbons (Fsp3) is 0. The van der Waals surface area contributed by atoms with Crippen LogP contribution in [0.5, 0.6) is 0 Å². The van der Waals surface area contributed by atoms with E-state index in [9.17, 15) is 0 Å². The van der Waals surface area contributed by atoms with Crippen molar-refractivity contribution in [3.63, 3.8) is 0 Å². The summed E-state index contributed by atoms with van der Waals surface area (Å²) in [6.45, 7) is 0. The number of halogens is 1. The summed E-state index contributed by atoms with van der Waals surface area (Å²) in [7, 11) is 0. The highest BCUT2D eigenvalue weighted by atomic mass is 79.9. The molecule has 0 saturated heterocycles. The SMILES string of the molecule is Brc1ccc(-c2cnn(-c3cccnn3)c2)cc1. The molecule has 0 bridgehead atoms. The average Bonchev–Trinajstić information content (AvgIpc) is 2.90. The van der Waals surface area contributed by atoms with E-state index in [-0.39, 0.29) is 0 Å². The fourth-order valence-electron chi connectivity index (χ4n) is 1.66. The average molecular weight is 301 g/mol. The van der Waals surface area contributed by atoms with Crippen LogP contribution < -0.4 is 0 Å². The number of aromatic nitrogens is 4. The Hall–Kier alpha value is -2.01. The summed E-state index contributed by atoms with van der Waals surface area (Å²) >= 11 is 3.42. The van der Waals surface area contributed by atoms with Crippen LogP contribution in [-0.2, 0) is 0 Å². The van der Waals surface area contributed by atoms with E-state index in [1.165, 1.54) is 0 Å². The molecular formula is C13H9BrN4. The van der Waals surface area contributed by atoms with Gasteiger partial charge in [-0.15, -0.1) is 5.10 Å². The van der Waals surface area contributed by atoms with Gasteiger partial charge >= 0.3 is 0 Å². The van der Waals surface area contributed by atoms with Crippen LogP contribution in [0.2, 0.25) is 0 Å². The smallest absolute Gasteiger partial charge is 0.175 e.